The number of nitrogens with one attached hydrogen (secondary N) is 2. The normalized spacial score (nSPS) is 15.1. The summed E-state index contributed by atoms with van der Waals surface area (Å²) in [7, 11) is 0. The molecule has 1 saturated heterocycles. The number of halogens is 2. The third-order valence-corrected chi connectivity index (χ3v) is 7.05. The van der Waals surface area contributed by atoms with Gasteiger partial charge in [-0.3, -0.25) is 14.5 Å². The van der Waals surface area contributed by atoms with E-state index < -0.39 is 5.91 Å². The number of rotatable bonds is 6. The van der Waals surface area contributed by atoms with Crippen molar-refractivity contribution in [2.24, 2.45) is 5.92 Å². The second kappa shape index (κ2) is 10.2. The largest absolute Gasteiger partial charge is 0.343 e. The fourth-order valence-electron chi connectivity index (χ4n) is 3.69. The Balaban J connectivity index is 1.33. The molecule has 2 aromatic carbocycles. The predicted molar refractivity (Wildman–Crippen MR) is 131 cm³/mol. The van der Waals surface area contributed by atoms with Crippen molar-refractivity contribution in [1.82, 2.24) is 15.2 Å². The van der Waals surface area contributed by atoms with E-state index in [1.807, 2.05) is 6.07 Å². The third-order valence-electron chi connectivity index (χ3n) is 5.57. The van der Waals surface area contributed by atoms with Crippen LogP contribution in [-0.4, -0.2) is 41.3 Å². The van der Waals surface area contributed by atoms with Crippen LogP contribution in [0.4, 0.5) is 5.13 Å². The quantitative estimate of drug-likeness (QED) is 0.497. The standard InChI is InChI=1S/C23H24Cl2N4O2S/c1-14-6-8-29(9-7-14)13-15-2-5-19-20(10-15)32-23(27-19)28-21(30)12-26-22(31)17-4-3-16(24)11-18(17)25/h2-5,10-11,14H,6-9,12-13H2,1H3,(H,26,31)(H,27,28,30). The summed E-state index contributed by atoms with van der Waals surface area (Å²) < 4.78 is 1.03. The fourth-order valence-corrected chi connectivity index (χ4v) is 5.13. The number of piperidine rings is 1. The Bertz CT molecular complexity index is 1140. The average Bonchev–Trinajstić information content (AvgIpc) is 3.15. The number of nitrogens with zero attached hydrogens (tertiary/aromatic N) is 2. The molecule has 0 radical (unpaired) electrons. The number of carbonyl (C=O) groups is 2. The van der Waals surface area contributed by atoms with Crippen molar-refractivity contribution in [1.29, 1.82) is 0 Å². The number of thiazole rings is 1. The minimum absolute atomic E-state index is 0.188. The van der Waals surface area contributed by atoms with Gasteiger partial charge in [-0.2, -0.15) is 0 Å². The number of carbonyl (C=O) groups excluding carboxylic acids is 2. The number of aromatic nitrogens is 1. The van der Waals surface area contributed by atoms with Gasteiger partial charge in [-0.25, -0.2) is 4.98 Å². The minimum Gasteiger partial charge on any atom is -0.343 e. The van der Waals surface area contributed by atoms with Gasteiger partial charge in [0.05, 0.1) is 27.3 Å². The summed E-state index contributed by atoms with van der Waals surface area (Å²) in [5, 5.41) is 6.50. The molecule has 0 spiro atoms. The van der Waals surface area contributed by atoms with Crippen LogP contribution in [-0.2, 0) is 11.3 Å². The zero-order valence-corrected chi connectivity index (χ0v) is 20.0. The van der Waals surface area contributed by atoms with E-state index in [1.54, 1.807) is 6.07 Å². The van der Waals surface area contributed by atoms with Crippen LogP contribution in [0.2, 0.25) is 10.0 Å². The molecule has 2 amide bonds. The van der Waals surface area contributed by atoms with Crippen molar-refractivity contribution in [2.75, 3.05) is 25.0 Å². The second-order valence-corrected chi connectivity index (χ2v) is 10.0. The van der Waals surface area contributed by atoms with Crippen molar-refractivity contribution >= 4 is 61.7 Å². The molecule has 6 nitrogen and oxygen atoms in total. The van der Waals surface area contributed by atoms with E-state index in [4.69, 9.17) is 23.2 Å². The number of amides is 2. The SMILES string of the molecule is CC1CCN(Cc2ccc3nc(NC(=O)CNC(=O)c4ccc(Cl)cc4Cl)sc3c2)CC1. The van der Waals surface area contributed by atoms with Crippen LogP contribution in [0.3, 0.4) is 0 Å². The van der Waals surface area contributed by atoms with Crippen LogP contribution in [0.1, 0.15) is 35.7 Å². The Morgan fingerprint density at radius 2 is 1.94 bits per heavy atom. The first-order valence-electron chi connectivity index (χ1n) is 10.5. The van der Waals surface area contributed by atoms with E-state index in [0.717, 1.165) is 35.8 Å². The van der Waals surface area contributed by atoms with Gasteiger partial charge in [-0.1, -0.05) is 47.5 Å². The predicted octanol–water partition coefficient (Wildman–Crippen LogP) is 5.20. The van der Waals surface area contributed by atoms with E-state index in [-0.39, 0.29) is 23.0 Å². The van der Waals surface area contributed by atoms with E-state index >= 15 is 0 Å². The van der Waals surface area contributed by atoms with Crippen LogP contribution >= 0.6 is 34.5 Å². The first kappa shape index (κ1) is 23.0. The first-order valence-corrected chi connectivity index (χ1v) is 12.1. The molecule has 168 valence electrons. The Morgan fingerprint density at radius 1 is 1.16 bits per heavy atom. The summed E-state index contributed by atoms with van der Waals surface area (Å²) in [6.07, 6.45) is 2.50. The maximum Gasteiger partial charge on any atom is 0.253 e. The van der Waals surface area contributed by atoms with Crippen molar-refractivity contribution < 1.29 is 9.59 Å². The number of fused-ring (bicyclic) bond motifs is 1. The molecule has 2 heterocycles. The number of likely N-dealkylation sites (tertiary alicyclic amines) is 1. The highest BCUT2D eigenvalue weighted by Crippen LogP contribution is 2.28. The van der Waals surface area contributed by atoms with E-state index in [9.17, 15) is 9.59 Å². The summed E-state index contributed by atoms with van der Waals surface area (Å²) in [6.45, 7) is 5.33. The van der Waals surface area contributed by atoms with Gasteiger partial charge in [0.1, 0.15) is 0 Å². The summed E-state index contributed by atoms with van der Waals surface area (Å²) in [5.74, 6) is 0.0161. The maximum atomic E-state index is 12.3. The third kappa shape index (κ3) is 5.78. The van der Waals surface area contributed by atoms with E-state index in [2.05, 4.69) is 39.6 Å². The van der Waals surface area contributed by atoms with Crippen LogP contribution in [0.15, 0.2) is 36.4 Å². The highest BCUT2D eigenvalue weighted by Gasteiger charge is 2.17. The molecule has 0 unspecified atom stereocenters. The van der Waals surface area contributed by atoms with Gasteiger partial charge in [0.15, 0.2) is 5.13 Å². The minimum atomic E-state index is -0.442. The number of hydrogen-bond donors (Lipinski definition) is 2. The van der Waals surface area contributed by atoms with Gasteiger partial charge in [0.2, 0.25) is 5.91 Å². The number of hydrogen-bond acceptors (Lipinski definition) is 5. The van der Waals surface area contributed by atoms with Crippen molar-refractivity contribution in [2.45, 2.75) is 26.3 Å². The molecule has 0 bridgehead atoms. The summed E-state index contributed by atoms with van der Waals surface area (Å²) in [6, 6.07) is 10.8. The fraction of sp³-hybridized carbons (Fsp3) is 0.348. The second-order valence-electron chi connectivity index (χ2n) is 8.13. The Hall–Kier alpha value is -2.19. The Kier molecular flexibility index (Phi) is 7.30. The molecule has 1 aliphatic rings. The molecule has 0 aliphatic carbocycles. The summed E-state index contributed by atoms with van der Waals surface area (Å²) in [5.41, 5.74) is 2.36. The van der Waals surface area contributed by atoms with Crippen molar-refractivity contribution in [3.05, 3.63) is 57.6 Å². The summed E-state index contributed by atoms with van der Waals surface area (Å²) >= 11 is 13.3. The molecule has 4 rings (SSSR count). The summed E-state index contributed by atoms with van der Waals surface area (Å²) in [4.78, 5) is 31.5. The lowest BCUT2D eigenvalue weighted by molar-refractivity contribution is -0.115. The molecular formula is C23H24Cl2N4O2S. The van der Waals surface area contributed by atoms with Crippen LogP contribution in [0.25, 0.3) is 10.2 Å². The Morgan fingerprint density at radius 3 is 2.69 bits per heavy atom. The van der Waals surface area contributed by atoms with Crippen LogP contribution in [0.5, 0.6) is 0 Å². The van der Waals surface area contributed by atoms with Gasteiger partial charge in [-0.15, -0.1) is 0 Å². The molecule has 1 aromatic heterocycles. The molecule has 1 fully saturated rings. The van der Waals surface area contributed by atoms with Gasteiger partial charge in [-0.05, 0) is 67.7 Å². The average molecular weight is 491 g/mol. The molecule has 9 heteroatoms. The first-order chi connectivity index (χ1) is 15.4. The highest BCUT2D eigenvalue weighted by atomic mass is 35.5. The molecule has 1 aliphatic heterocycles. The van der Waals surface area contributed by atoms with Gasteiger partial charge in [0.25, 0.3) is 5.91 Å². The lowest BCUT2D eigenvalue weighted by Crippen LogP contribution is -2.32. The molecule has 3 aromatic rings. The van der Waals surface area contributed by atoms with Gasteiger partial charge in [0, 0.05) is 11.6 Å². The van der Waals surface area contributed by atoms with Crippen molar-refractivity contribution in [3.63, 3.8) is 0 Å². The smallest absolute Gasteiger partial charge is 0.253 e. The zero-order chi connectivity index (χ0) is 22.7. The Labute approximate surface area is 200 Å². The molecule has 0 atom stereocenters. The lowest BCUT2D eigenvalue weighted by atomic mass is 9.99. The van der Waals surface area contributed by atoms with Gasteiger partial charge < -0.3 is 10.6 Å². The maximum absolute atomic E-state index is 12.3. The topological polar surface area (TPSA) is 74.3 Å². The lowest BCUT2D eigenvalue weighted by Gasteiger charge is -2.30. The molecular weight excluding hydrogens is 467 g/mol. The van der Waals surface area contributed by atoms with Gasteiger partial charge >= 0.3 is 0 Å². The molecule has 32 heavy (non-hydrogen) atoms. The van der Waals surface area contributed by atoms with E-state index in [0.29, 0.717) is 10.2 Å². The molecule has 0 saturated carbocycles. The van der Waals surface area contributed by atoms with Crippen LogP contribution in [0, 0.1) is 5.92 Å². The van der Waals surface area contributed by atoms with Crippen LogP contribution < -0.4 is 10.6 Å². The monoisotopic (exact) mass is 490 g/mol. The van der Waals surface area contributed by atoms with Crippen molar-refractivity contribution in [3.8, 4) is 0 Å². The molecule has 2 N–H and O–H groups in total. The number of benzene rings is 2. The highest BCUT2D eigenvalue weighted by molar-refractivity contribution is 7.22. The number of anilines is 1. The zero-order valence-electron chi connectivity index (χ0n) is 17.7. The van der Waals surface area contributed by atoms with E-state index in [1.165, 1.54) is 41.9 Å².